The molecule has 1 saturated heterocycles. The maximum Gasteiger partial charge on any atom is 0.174 e. The average Bonchev–Trinajstić information content (AvgIpc) is 3.42. The third-order valence-corrected chi connectivity index (χ3v) is 7.78. The first-order valence-corrected chi connectivity index (χ1v) is 12.6. The van der Waals surface area contributed by atoms with Gasteiger partial charge in [-0.25, -0.2) is 0 Å². The van der Waals surface area contributed by atoms with E-state index in [1.54, 1.807) is 11.8 Å². The van der Waals surface area contributed by atoms with Crippen LogP contribution in [0, 0.1) is 13.8 Å². The lowest BCUT2D eigenvalue weighted by Crippen LogP contribution is -2.29. The monoisotopic (exact) mass is 535 g/mol. The van der Waals surface area contributed by atoms with Crippen LogP contribution < -0.4 is 10.2 Å². The summed E-state index contributed by atoms with van der Waals surface area (Å²) in [6, 6.07) is 24.4. The van der Waals surface area contributed by atoms with Gasteiger partial charge in [0.15, 0.2) is 10.2 Å². The molecule has 0 radical (unpaired) electrons. The fourth-order valence-electron chi connectivity index (χ4n) is 3.97. The highest BCUT2D eigenvalue weighted by Gasteiger charge is 2.42. The van der Waals surface area contributed by atoms with Gasteiger partial charge in [-0.2, -0.15) is 0 Å². The first kappa shape index (κ1) is 22.2. The number of hydrogen-bond acceptors (Lipinski definition) is 4. The molecule has 0 spiro atoms. The summed E-state index contributed by atoms with van der Waals surface area (Å²) in [5.74, 6) is 0.841. The molecule has 1 N–H and O–H groups in total. The van der Waals surface area contributed by atoms with Crippen LogP contribution in [0.1, 0.15) is 34.7 Å². The molecule has 0 aliphatic carbocycles. The molecule has 1 aliphatic heterocycles. The highest BCUT2D eigenvalue weighted by molar-refractivity contribution is 9.10. The molecule has 2 aromatic carbocycles. The lowest BCUT2D eigenvalue weighted by Gasteiger charge is -2.26. The topological polar surface area (TPSA) is 41.3 Å². The number of benzene rings is 2. The highest BCUT2D eigenvalue weighted by Crippen LogP contribution is 2.43. The average molecular weight is 537 g/mol. The maximum atomic E-state index is 6.39. The molecule has 1 aliphatic rings. The van der Waals surface area contributed by atoms with E-state index < -0.39 is 0 Å². The van der Waals surface area contributed by atoms with Gasteiger partial charge in [-0.15, -0.1) is 0 Å². The van der Waals surface area contributed by atoms with E-state index in [2.05, 4.69) is 87.4 Å². The molecule has 166 valence electrons. The summed E-state index contributed by atoms with van der Waals surface area (Å²) >= 11 is 11.0. The minimum atomic E-state index is -0.166. The van der Waals surface area contributed by atoms with Crippen LogP contribution in [0.2, 0.25) is 0 Å². The van der Waals surface area contributed by atoms with Gasteiger partial charge < -0.3 is 14.6 Å². The summed E-state index contributed by atoms with van der Waals surface area (Å²) < 4.78 is 7.46. The van der Waals surface area contributed by atoms with Crippen molar-refractivity contribution in [2.75, 3.05) is 4.90 Å². The van der Waals surface area contributed by atoms with Gasteiger partial charge in [0.2, 0.25) is 0 Å². The lowest BCUT2D eigenvalue weighted by molar-refractivity contribution is 0.383. The van der Waals surface area contributed by atoms with Crippen LogP contribution in [0.5, 0.6) is 0 Å². The van der Waals surface area contributed by atoms with Crippen LogP contribution >= 0.6 is 39.9 Å². The zero-order chi connectivity index (χ0) is 22.9. The zero-order valence-corrected chi connectivity index (χ0v) is 21.4. The molecular weight excluding hydrogens is 514 g/mol. The van der Waals surface area contributed by atoms with Gasteiger partial charge in [0, 0.05) is 21.3 Å². The van der Waals surface area contributed by atoms with E-state index in [1.165, 1.54) is 5.56 Å². The number of furan rings is 1. The molecule has 4 aromatic rings. The van der Waals surface area contributed by atoms with E-state index in [0.717, 1.165) is 37.2 Å². The highest BCUT2D eigenvalue weighted by atomic mass is 79.9. The summed E-state index contributed by atoms with van der Waals surface area (Å²) in [6.07, 6.45) is 1.81. The maximum absolute atomic E-state index is 6.39. The van der Waals surface area contributed by atoms with Crippen molar-refractivity contribution in [3.05, 3.63) is 106 Å². The van der Waals surface area contributed by atoms with Crippen LogP contribution in [0.15, 0.2) is 97.9 Å². The molecule has 7 heteroatoms. The van der Waals surface area contributed by atoms with Gasteiger partial charge in [-0.3, -0.25) is 4.98 Å². The lowest BCUT2D eigenvalue weighted by atomic mass is 10.0. The van der Waals surface area contributed by atoms with Gasteiger partial charge in [0.1, 0.15) is 11.8 Å². The molecule has 0 saturated carbocycles. The van der Waals surface area contributed by atoms with Crippen LogP contribution in [-0.4, -0.2) is 10.1 Å². The Balaban J connectivity index is 1.53. The molecule has 0 bridgehead atoms. The van der Waals surface area contributed by atoms with E-state index in [-0.39, 0.29) is 12.1 Å². The van der Waals surface area contributed by atoms with Gasteiger partial charge in [0.05, 0.1) is 11.7 Å². The second-order valence-corrected chi connectivity index (χ2v) is 10.3. The first-order chi connectivity index (χ1) is 16.0. The second-order valence-electron chi connectivity index (χ2n) is 8.00. The molecule has 3 heterocycles. The van der Waals surface area contributed by atoms with Crippen LogP contribution in [0.25, 0.3) is 0 Å². The third-order valence-electron chi connectivity index (χ3n) is 5.65. The molecule has 0 amide bonds. The summed E-state index contributed by atoms with van der Waals surface area (Å²) in [7, 11) is 0. The number of rotatable bonds is 5. The Bertz CT molecular complexity index is 1290. The second kappa shape index (κ2) is 9.33. The summed E-state index contributed by atoms with van der Waals surface area (Å²) in [6.45, 7) is 4.17. The summed E-state index contributed by atoms with van der Waals surface area (Å²) in [4.78, 5) is 7.88. The molecule has 4 nitrogen and oxygen atoms in total. The van der Waals surface area contributed by atoms with E-state index in [0.29, 0.717) is 5.11 Å². The SMILES string of the molecule is Cc1ccc(Sc2ccc([C@H]3[C@H](c4ccccn4)NC(=S)N3c3ccc(Br)c(C)c3)o2)cc1. The molecule has 1 fully saturated rings. The largest absolute Gasteiger partial charge is 0.452 e. The molecule has 5 rings (SSSR count). The van der Waals surface area contributed by atoms with Crippen molar-refractivity contribution in [2.24, 2.45) is 0 Å². The normalized spacial score (nSPS) is 17.9. The minimum Gasteiger partial charge on any atom is -0.452 e. The molecule has 2 atom stereocenters. The van der Waals surface area contributed by atoms with E-state index in [9.17, 15) is 0 Å². The molecular formula is C26H22BrN3OS2. The van der Waals surface area contributed by atoms with E-state index >= 15 is 0 Å². The van der Waals surface area contributed by atoms with Gasteiger partial charge in [-0.1, -0.05) is 51.5 Å². The fraction of sp³-hybridized carbons (Fsp3) is 0.154. The Labute approximate surface area is 211 Å². The first-order valence-electron chi connectivity index (χ1n) is 10.6. The van der Waals surface area contributed by atoms with Crippen molar-refractivity contribution >= 4 is 50.7 Å². The number of aryl methyl sites for hydroxylation is 2. The van der Waals surface area contributed by atoms with Gasteiger partial charge in [-0.05, 0) is 86.2 Å². The zero-order valence-electron chi connectivity index (χ0n) is 18.2. The van der Waals surface area contributed by atoms with Crippen molar-refractivity contribution in [3.63, 3.8) is 0 Å². The number of anilines is 1. The van der Waals surface area contributed by atoms with E-state index in [1.807, 2.05) is 36.5 Å². The smallest absolute Gasteiger partial charge is 0.174 e. The number of halogens is 1. The van der Waals surface area contributed by atoms with Crippen LogP contribution in [-0.2, 0) is 0 Å². The Morgan fingerprint density at radius 3 is 2.58 bits per heavy atom. The number of nitrogens with one attached hydrogen (secondary N) is 1. The van der Waals surface area contributed by atoms with Gasteiger partial charge in [0.25, 0.3) is 0 Å². The Hall–Kier alpha value is -2.61. The Morgan fingerprint density at radius 1 is 1.03 bits per heavy atom. The fourth-order valence-corrected chi connectivity index (χ4v) is 5.34. The summed E-state index contributed by atoms with van der Waals surface area (Å²) in [5.41, 5.74) is 4.32. The third kappa shape index (κ3) is 4.58. The van der Waals surface area contributed by atoms with Crippen LogP contribution in [0.4, 0.5) is 5.69 Å². The number of nitrogens with zero attached hydrogens (tertiary/aromatic N) is 2. The van der Waals surface area contributed by atoms with Crippen molar-refractivity contribution in [1.29, 1.82) is 0 Å². The number of aromatic nitrogens is 1. The van der Waals surface area contributed by atoms with Crippen molar-refractivity contribution in [1.82, 2.24) is 10.3 Å². The predicted molar refractivity (Wildman–Crippen MR) is 141 cm³/mol. The number of pyridine rings is 1. The molecule has 0 unspecified atom stereocenters. The van der Waals surface area contributed by atoms with Crippen molar-refractivity contribution < 1.29 is 4.42 Å². The minimum absolute atomic E-state index is 0.133. The molecule has 2 aromatic heterocycles. The Morgan fingerprint density at radius 2 is 1.85 bits per heavy atom. The number of thiocarbonyl (C=S) groups is 1. The quantitative estimate of drug-likeness (QED) is 0.269. The van der Waals surface area contributed by atoms with E-state index in [4.69, 9.17) is 16.6 Å². The van der Waals surface area contributed by atoms with Crippen molar-refractivity contribution in [2.45, 2.75) is 35.9 Å². The van der Waals surface area contributed by atoms with Gasteiger partial charge >= 0.3 is 0 Å². The van der Waals surface area contributed by atoms with Crippen molar-refractivity contribution in [3.8, 4) is 0 Å². The predicted octanol–water partition coefficient (Wildman–Crippen LogP) is 7.38. The number of hydrogen-bond donors (Lipinski definition) is 1. The molecule has 33 heavy (non-hydrogen) atoms. The summed E-state index contributed by atoms with van der Waals surface area (Å²) in [5, 5.41) is 4.98. The standard InChI is InChI=1S/C26H22BrN3OS2/c1-16-6-9-19(10-7-16)33-23-13-12-22(31-23)25-24(21-5-3-4-14-28-21)29-26(32)30(25)18-8-11-20(27)17(2)15-18/h3-15,24-25H,1-2H3,(H,29,32)/t24-,25-/m0/s1. The Kier molecular flexibility index (Phi) is 6.27. The van der Waals surface area contributed by atoms with Crippen LogP contribution in [0.3, 0.4) is 0 Å².